The molecule has 0 saturated carbocycles. The number of thiocarbonyl (C=S) groups is 1. The Labute approximate surface area is 201 Å². The maximum atomic E-state index is 5.87. The summed E-state index contributed by atoms with van der Waals surface area (Å²) in [7, 11) is 0. The molecule has 4 heterocycles. The summed E-state index contributed by atoms with van der Waals surface area (Å²) >= 11 is 5.87. The molecule has 0 spiro atoms. The van der Waals surface area contributed by atoms with E-state index in [1.807, 2.05) is 18.3 Å². The van der Waals surface area contributed by atoms with Crippen molar-refractivity contribution in [3.05, 3.63) is 78.4 Å². The van der Waals surface area contributed by atoms with E-state index in [9.17, 15) is 0 Å². The number of pyridine rings is 1. The lowest BCUT2D eigenvalue weighted by Gasteiger charge is -2.30. The fourth-order valence-corrected chi connectivity index (χ4v) is 4.97. The van der Waals surface area contributed by atoms with Crippen LogP contribution in [0.3, 0.4) is 0 Å². The molecule has 6 nitrogen and oxygen atoms in total. The van der Waals surface area contributed by atoms with Crippen LogP contribution in [0.15, 0.2) is 67.1 Å². The second-order valence-electron chi connectivity index (χ2n) is 9.64. The minimum absolute atomic E-state index is 0.00485. The fourth-order valence-electron chi connectivity index (χ4n) is 4.62. The Morgan fingerprint density at radius 3 is 2.36 bits per heavy atom. The molecule has 172 valence electrons. The quantitative estimate of drug-likeness (QED) is 0.571. The number of anilines is 2. The van der Waals surface area contributed by atoms with Crippen LogP contribution in [0.4, 0.5) is 11.4 Å². The second-order valence-corrected chi connectivity index (χ2v) is 10.0. The van der Waals surface area contributed by atoms with E-state index in [1.165, 1.54) is 11.3 Å². The molecule has 2 aliphatic heterocycles. The van der Waals surface area contributed by atoms with Crippen LogP contribution in [-0.4, -0.2) is 41.0 Å². The Morgan fingerprint density at radius 2 is 1.73 bits per heavy atom. The fraction of sp³-hybridized carbons (Fsp3) is 0.385. The molecular weight excluding hydrogens is 430 g/mol. The first-order valence-corrected chi connectivity index (χ1v) is 11.9. The summed E-state index contributed by atoms with van der Waals surface area (Å²) in [6.07, 6.45) is 6.24. The zero-order valence-electron chi connectivity index (χ0n) is 19.4. The number of aromatic nitrogens is 2. The Morgan fingerprint density at radius 1 is 1.00 bits per heavy atom. The Bertz CT molecular complexity index is 1100. The molecule has 0 amide bonds. The number of ether oxygens (including phenoxy) is 1. The summed E-state index contributed by atoms with van der Waals surface area (Å²) in [5.41, 5.74) is 4.51. The van der Waals surface area contributed by atoms with Crippen molar-refractivity contribution in [2.45, 2.75) is 38.4 Å². The molecule has 0 radical (unpaired) electrons. The summed E-state index contributed by atoms with van der Waals surface area (Å²) < 4.78 is 7.76. The molecule has 5 rings (SSSR count). The summed E-state index contributed by atoms with van der Waals surface area (Å²) in [6, 6.07) is 17.0. The molecule has 0 bridgehead atoms. The van der Waals surface area contributed by atoms with E-state index in [-0.39, 0.29) is 17.6 Å². The minimum atomic E-state index is -0.0339. The lowest BCUT2D eigenvalue weighted by atomic mass is 9.98. The Balaban J connectivity index is 1.51. The Hall–Kier alpha value is -2.90. The minimum Gasteiger partial charge on any atom is -0.378 e. The van der Waals surface area contributed by atoms with Crippen molar-refractivity contribution in [2.24, 2.45) is 0 Å². The molecule has 33 heavy (non-hydrogen) atoms. The van der Waals surface area contributed by atoms with Crippen molar-refractivity contribution in [1.82, 2.24) is 14.9 Å². The van der Waals surface area contributed by atoms with Gasteiger partial charge in [0.1, 0.15) is 0 Å². The van der Waals surface area contributed by atoms with Gasteiger partial charge < -0.3 is 24.4 Å². The van der Waals surface area contributed by atoms with Gasteiger partial charge in [0.25, 0.3) is 0 Å². The largest absolute Gasteiger partial charge is 0.378 e. The highest BCUT2D eigenvalue weighted by molar-refractivity contribution is 7.80. The predicted octanol–water partition coefficient (Wildman–Crippen LogP) is 4.65. The highest BCUT2D eigenvalue weighted by Crippen LogP contribution is 2.42. The standard InChI is InChI=1S/C26H31N5OS/c1-26(2,3)30-13-11-19(18-30)24-23(22-6-4-5-12-27-22)28-25(33)31(24)21-9-7-20(8-10-21)29-14-16-32-17-15-29/h4-13,18,23-24H,14-17H2,1-3H3,(H,28,33)/t23-,24-/m0/s1. The van der Waals surface area contributed by atoms with E-state index in [2.05, 4.69) is 94.2 Å². The third kappa shape index (κ3) is 4.35. The van der Waals surface area contributed by atoms with E-state index < -0.39 is 0 Å². The molecule has 0 aliphatic carbocycles. The zero-order chi connectivity index (χ0) is 23.0. The highest BCUT2D eigenvalue weighted by Gasteiger charge is 2.41. The normalized spacial score (nSPS) is 21.4. The van der Waals surface area contributed by atoms with Gasteiger partial charge in [-0.05, 0) is 81.0 Å². The van der Waals surface area contributed by atoms with Crippen molar-refractivity contribution in [3.63, 3.8) is 0 Å². The summed E-state index contributed by atoms with van der Waals surface area (Å²) in [4.78, 5) is 9.26. The van der Waals surface area contributed by atoms with Gasteiger partial charge >= 0.3 is 0 Å². The van der Waals surface area contributed by atoms with Gasteiger partial charge in [0, 0.05) is 48.6 Å². The third-order valence-corrected chi connectivity index (χ3v) is 6.75. The van der Waals surface area contributed by atoms with Gasteiger partial charge in [-0.2, -0.15) is 0 Å². The number of nitrogens with zero attached hydrogens (tertiary/aromatic N) is 4. The molecule has 2 fully saturated rings. The van der Waals surface area contributed by atoms with Crippen molar-refractivity contribution >= 4 is 28.7 Å². The van der Waals surface area contributed by atoms with Gasteiger partial charge in [0.15, 0.2) is 5.11 Å². The maximum absolute atomic E-state index is 5.87. The molecule has 7 heteroatoms. The van der Waals surface area contributed by atoms with Gasteiger partial charge in [-0.25, -0.2) is 0 Å². The van der Waals surface area contributed by atoms with Crippen LogP contribution < -0.4 is 15.1 Å². The highest BCUT2D eigenvalue weighted by atomic mass is 32.1. The van der Waals surface area contributed by atoms with Crippen LogP contribution in [0, 0.1) is 0 Å². The van der Waals surface area contributed by atoms with Gasteiger partial charge in [-0.3, -0.25) is 4.98 Å². The van der Waals surface area contributed by atoms with Crippen LogP contribution in [0.5, 0.6) is 0 Å². The molecular formula is C26H31N5OS. The van der Waals surface area contributed by atoms with Crippen LogP contribution in [0.1, 0.15) is 44.1 Å². The van der Waals surface area contributed by atoms with Crippen molar-refractivity contribution < 1.29 is 4.74 Å². The number of hydrogen-bond acceptors (Lipinski definition) is 4. The smallest absolute Gasteiger partial charge is 0.174 e. The van der Waals surface area contributed by atoms with Crippen LogP contribution >= 0.6 is 12.2 Å². The molecule has 2 aliphatic rings. The topological polar surface area (TPSA) is 45.6 Å². The zero-order valence-corrected chi connectivity index (χ0v) is 20.3. The van der Waals surface area contributed by atoms with E-state index in [0.717, 1.165) is 42.8 Å². The summed E-state index contributed by atoms with van der Waals surface area (Å²) in [5.74, 6) is 0. The van der Waals surface area contributed by atoms with Gasteiger partial charge in [-0.15, -0.1) is 0 Å². The number of nitrogens with one attached hydrogen (secondary N) is 1. The van der Waals surface area contributed by atoms with E-state index in [4.69, 9.17) is 17.0 Å². The van der Waals surface area contributed by atoms with E-state index >= 15 is 0 Å². The first kappa shape index (κ1) is 21.9. The van der Waals surface area contributed by atoms with Crippen LogP contribution in [-0.2, 0) is 10.3 Å². The second kappa shape index (κ2) is 8.80. The van der Waals surface area contributed by atoms with Gasteiger partial charge in [0.05, 0.1) is 31.0 Å². The van der Waals surface area contributed by atoms with Gasteiger partial charge in [0.2, 0.25) is 0 Å². The average Bonchev–Trinajstić information content (AvgIpc) is 3.45. The van der Waals surface area contributed by atoms with Crippen LogP contribution in [0.2, 0.25) is 0 Å². The Kier molecular flexibility index (Phi) is 5.85. The molecule has 0 unspecified atom stereocenters. The maximum Gasteiger partial charge on any atom is 0.174 e. The van der Waals surface area contributed by atoms with E-state index in [0.29, 0.717) is 0 Å². The third-order valence-electron chi connectivity index (χ3n) is 6.43. The molecule has 2 saturated heterocycles. The summed E-state index contributed by atoms with van der Waals surface area (Å²) in [5, 5.41) is 4.27. The van der Waals surface area contributed by atoms with Crippen molar-refractivity contribution in [1.29, 1.82) is 0 Å². The monoisotopic (exact) mass is 461 g/mol. The van der Waals surface area contributed by atoms with Gasteiger partial charge in [-0.1, -0.05) is 6.07 Å². The number of benzene rings is 1. The number of morpholine rings is 1. The van der Waals surface area contributed by atoms with Crippen LogP contribution in [0.25, 0.3) is 0 Å². The summed E-state index contributed by atoms with van der Waals surface area (Å²) in [6.45, 7) is 10.1. The number of hydrogen-bond donors (Lipinski definition) is 1. The first-order valence-electron chi connectivity index (χ1n) is 11.5. The lowest BCUT2D eigenvalue weighted by molar-refractivity contribution is 0.122. The average molecular weight is 462 g/mol. The van der Waals surface area contributed by atoms with Crippen molar-refractivity contribution in [3.8, 4) is 0 Å². The molecule has 2 aromatic heterocycles. The molecule has 2 atom stereocenters. The SMILES string of the molecule is CC(C)(C)n1ccc([C@H]2[C@H](c3ccccn3)NC(=S)N2c2ccc(N3CCOCC3)cc2)c1. The lowest BCUT2D eigenvalue weighted by Crippen LogP contribution is -2.36. The molecule has 1 N–H and O–H groups in total. The van der Waals surface area contributed by atoms with E-state index in [1.54, 1.807) is 0 Å². The predicted molar refractivity (Wildman–Crippen MR) is 137 cm³/mol. The molecule has 1 aromatic carbocycles. The first-order chi connectivity index (χ1) is 15.9. The number of rotatable bonds is 4. The van der Waals surface area contributed by atoms with Crippen molar-refractivity contribution in [2.75, 3.05) is 36.1 Å². The molecule has 3 aromatic rings.